The molecule has 2 aromatic carbocycles. The standard InChI is InChI=1S/C23H16BrI2N5O4/c1-2-3-20-29-19-6-4-14(24)10-16(19)23(32)30(20)28-11-13-8-17(25)22(18(26)9-13)35-21-7-5-15(12-27-21)31(33)34/h4-12H,2-3H2,1H3. The molecule has 178 valence electrons. The van der Waals surface area contributed by atoms with Crippen LogP contribution in [0.15, 0.2) is 63.0 Å². The third-order valence-electron chi connectivity index (χ3n) is 4.83. The van der Waals surface area contributed by atoms with Crippen LogP contribution in [-0.4, -0.2) is 25.8 Å². The van der Waals surface area contributed by atoms with Crippen molar-refractivity contribution in [2.24, 2.45) is 5.10 Å². The molecular formula is C23H16BrI2N5O4. The lowest BCUT2D eigenvalue weighted by molar-refractivity contribution is -0.385. The van der Waals surface area contributed by atoms with Crippen LogP contribution in [0.2, 0.25) is 0 Å². The predicted octanol–water partition coefficient (Wildman–Crippen LogP) is 6.30. The highest BCUT2D eigenvalue weighted by atomic mass is 127. The van der Waals surface area contributed by atoms with Crippen LogP contribution in [0.4, 0.5) is 5.69 Å². The van der Waals surface area contributed by atoms with Gasteiger partial charge in [0.15, 0.2) is 5.75 Å². The van der Waals surface area contributed by atoms with Gasteiger partial charge in [-0.1, -0.05) is 22.9 Å². The molecule has 0 amide bonds. The van der Waals surface area contributed by atoms with Crippen LogP contribution in [0.5, 0.6) is 11.6 Å². The summed E-state index contributed by atoms with van der Waals surface area (Å²) < 4.78 is 9.58. The molecule has 4 rings (SSSR count). The van der Waals surface area contributed by atoms with E-state index in [9.17, 15) is 14.9 Å². The van der Waals surface area contributed by atoms with Gasteiger partial charge < -0.3 is 4.74 Å². The van der Waals surface area contributed by atoms with E-state index < -0.39 is 4.92 Å². The Labute approximate surface area is 235 Å². The molecule has 0 saturated carbocycles. The number of ether oxygens (including phenoxy) is 1. The fourth-order valence-electron chi connectivity index (χ4n) is 3.22. The van der Waals surface area contributed by atoms with Gasteiger partial charge in [-0.2, -0.15) is 9.78 Å². The number of aromatic nitrogens is 3. The number of fused-ring (bicyclic) bond motifs is 1. The Balaban J connectivity index is 1.67. The first-order valence-electron chi connectivity index (χ1n) is 10.3. The van der Waals surface area contributed by atoms with E-state index in [2.05, 4.69) is 76.2 Å². The van der Waals surface area contributed by atoms with Gasteiger partial charge in [-0.15, -0.1) is 0 Å². The van der Waals surface area contributed by atoms with Crippen molar-refractivity contribution in [2.75, 3.05) is 0 Å². The van der Waals surface area contributed by atoms with Gasteiger partial charge in [0.2, 0.25) is 5.88 Å². The first-order valence-corrected chi connectivity index (χ1v) is 13.2. The van der Waals surface area contributed by atoms with E-state index in [0.717, 1.165) is 29.8 Å². The number of pyridine rings is 1. The molecule has 35 heavy (non-hydrogen) atoms. The number of benzene rings is 2. The van der Waals surface area contributed by atoms with Gasteiger partial charge in [-0.25, -0.2) is 9.97 Å². The van der Waals surface area contributed by atoms with Gasteiger partial charge >= 0.3 is 0 Å². The molecule has 0 spiro atoms. The summed E-state index contributed by atoms with van der Waals surface area (Å²) in [5.41, 5.74) is 1.07. The number of aryl methyl sites for hydroxylation is 1. The minimum absolute atomic E-state index is 0.110. The highest BCUT2D eigenvalue weighted by molar-refractivity contribution is 14.1. The van der Waals surface area contributed by atoms with Crippen LogP contribution >= 0.6 is 61.1 Å². The SMILES string of the molecule is CCCc1nc2ccc(Br)cc2c(=O)n1N=Cc1cc(I)c(Oc2ccc([N+](=O)[O-])cn2)c(I)c1. The van der Waals surface area contributed by atoms with Gasteiger partial charge in [0.25, 0.3) is 11.2 Å². The third-order valence-corrected chi connectivity index (χ3v) is 6.93. The molecule has 0 bridgehead atoms. The van der Waals surface area contributed by atoms with E-state index in [-0.39, 0.29) is 17.1 Å². The summed E-state index contributed by atoms with van der Waals surface area (Å²) in [6.45, 7) is 2.02. The van der Waals surface area contributed by atoms with Crippen LogP contribution < -0.4 is 10.3 Å². The average Bonchev–Trinajstić information content (AvgIpc) is 2.82. The molecule has 4 aromatic rings. The molecule has 0 aliphatic rings. The van der Waals surface area contributed by atoms with Crippen molar-refractivity contribution in [2.45, 2.75) is 19.8 Å². The minimum Gasteiger partial charge on any atom is -0.437 e. The van der Waals surface area contributed by atoms with Gasteiger partial charge in [0, 0.05) is 23.0 Å². The number of nitrogens with zero attached hydrogens (tertiary/aromatic N) is 5. The van der Waals surface area contributed by atoms with Gasteiger partial charge in [-0.05, 0) is 87.5 Å². The molecule has 9 nitrogen and oxygen atoms in total. The molecule has 0 saturated heterocycles. The quantitative estimate of drug-likeness (QED) is 0.0947. The zero-order valence-corrected chi connectivity index (χ0v) is 24.0. The molecular weight excluding hydrogens is 744 g/mol. The zero-order valence-electron chi connectivity index (χ0n) is 18.1. The fourth-order valence-corrected chi connectivity index (χ4v) is 5.62. The van der Waals surface area contributed by atoms with Crippen molar-refractivity contribution < 1.29 is 9.66 Å². The number of rotatable bonds is 7. The maximum atomic E-state index is 13.2. The summed E-state index contributed by atoms with van der Waals surface area (Å²) >= 11 is 7.69. The Kier molecular flexibility index (Phi) is 8.11. The summed E-state index contributed by atoms with van der Waals surface area (Å²) in [5.74, 6) is 1.42. The third kappa shape index (κ3) is 5.86. The predicted molar refractivity (Wildman–Crippen MR) is 154 cm³/mol. The minimum atomic E-state index is -0.514. The fraction of sp³-hybridized carbons (Fsp3) is 0.130. The van der Waals surface area contributed by atoms with Crippen molar-refractivity contribution >= 4 is 83.9 Å². The largest absolute Gasteiger partial charge is 0.437 e. The van der Waals surface area contributed by atoms with Crippen molar-refractivity contribution in [3.05, 3.63) is 92.1 Å². The molecule has 0 N–H and O–H groups in total. The second-order valence-corrected chi connectivity index (χ2v) is 10.6. The second-order valence-electron chi connectivity index (χ2n) is 7.33. The smallest absolute Gasteiger partial charge is 0.287 e. The molecule has 0 radical (unpaired) electrons. The summed E-state index contributed by atoms with van der Waals surface area (Å²) in [7, 11) is 0. The Morgan fingerprint density at radius 3 is 2.57 bits per heavy atom. The summed E-state index contributed by atoms with van der Waals surface area (Å²) in [5, 5.41) is 15.8. The number of nitro groups is 1. The van der Waals surface area contributed by atoms with E-state index >= 15 is 0 Å². The van der Waals surface area contributed by atoms with Crippen LogP contribution in [0.1, 0.15) is 24.7 Å². The Bertz CT molecular complexity index is 1500. The molecule has 0 fully saturated rings. The van der Waals surface area contributed by atoms with E-state index in [0.29, 0.717) is 28.9 Å². The van der Waals surface area contributed by atoms with E-state index in [4.69, 9.17) is 4.74 Å². The Hall–Kier alpha value is -2.46. The van der Waals surface area contributed by atoms with E-state index in [1.54, 1.807) is 12.3 Å². The summed E-state index contributed by atoms with van der Waals surface area (Å²) in [4.78, 5) is 32.1. The molecule has 0 aliphatic heterocycles. The van der Waals surface area contributed by atoms with Gasteiger partial charge in [-0.3, -0.25) is 14.9 Å². The normalized spacial score (nSPS) is 11.3. The van der Waals surface area contributed by atoms with E-state index in [1.807, 2.05) is 31.2 Å². The second kappa shape index (κ2) is 11.1. The number of hydrogen-bond acceptors (Lipinski definition) is 7. The van der Waals surface area contributed by atoms with Crippen LogP contribution in [0, 0.1) is 17.3 Å². The zero-order chi connectivity index (χ0) is 25.1. The van der Waals surface area contributed by atoms with Gasteiger partial charge in [0.1, 0.15) is 12.0 Å². The van der Waals surface area contributed by atoms with Crippen molar-refractivity contribution in [3.8, 4) is 11.6 Å². The molecule has 2 heterocycles. The van der Waals surface area contributed by atoms with Crippen molar-refractivity contribution in [1.82, 2.24) is 14.6 Å². The summed E-state index contributed by atoms with van der Waals surface area (Å²) in [6.07, 6.45) is 4.20. The van der Waals surface area contributed by atoms with E-state index in [1.165, 1.54) is 16.8 Å². The average molecular weight is 760 g/mol. The topological polar surface area (TPSA) is 113 Å². The highest BCUT2D eigenvalue weighted by Gasteiger charge is 2.13. The Morgan fingerprint density at radius 1 is 1.20 bits per heavy atom. The number of halogens is 3. The molecule has 2 aromatic heterocycles. The molecule has 0 atom stereocenters. The summed E-state index contributed by atoms with van der Waals surface area (Å²) in [6, 6.07) is 11.9. The maximum absolute atomic E-state index is 13.2. The van der Waals surface area contributed by atoms with Crippen molar-refractivity contribution in [1.29, 1.82) is 0 Å². The van der Waals surface area contributed by atoms with Crippen LogP contribution in [0.3, 0.4) is 0 Å². The molecule has 12 heteroatoms. The lowest BCUT2D eigenvalue weighted by Gasteiger charge is -2.11. The first kappa shape index (κ1) is 25.6. The lowest BCUT2D eigenvalue weighted by atomic mass is 10.2. The molecule has 0 unspecified atom stereocenters. The maximum Gasteiger partial charge on any atom is 0.287 e. The lowest BCUT2D eigenvalue weighted by Crippen LogP contribution is -2.22. The monoisotopic (exact) mass is 759 g/mol. The Morgan fingerprint density at radius 2 is 1.94 bits per heavy atom. The molecule has 0 aliphatic carbocycles. The number of hydrogen-bond donors (Lipinski definition) is 0. The van der Waals surface area contributed by atoms with Crippen LogP contribution in [0.25, 0.3) is 10.9 Å². The van der Waals surface area contributed by atoms with Crippen LogP contribution in [-0.2, 0) is 6.42 Å². The van der Waals surface area contributed by atoms with Crippen molar-refractivity contribution in [3.63, 3.8) is 0 Å². The highest BCUT2D eigenvalue weighted by Crippen LogP contribution is 2.32. The van der Waals surface area contributed by atoms with Gasteiger partial charge in [0.05, 0.1) is 29.2 Å². The first-order chi connectivity index (χ1) is 16.8.